The van der Waals surface area contributed by atoms with Gasteiger partial charge in [0.25, 0.3) is 5.89 Å². The van der Waals surface area contributed by atoms with Crippen molar-refractivity contribution in [2.24, 2.45) is 0 Å². The minimum atomic E-state index is 0.206. The van der Waals surface area contributed by atoms with Crippen LogP contribution in [0.3, 0.4) is 0 Å². The van der Waals surface area contributed by atoms with Gasteiger partial charge in [-0.3, -0.25) is 0 Å². The molecule has 2 aromatic carbocycles. The van der Waals surface area contributed by atoms with Crippen LogP contribution in [0.15, 0.2) is 53.1 Å². The molecule has 3 rings (SSSR count). The predicted molar refractivity (Wildman–Crippen MR) is 79.9 cm³/mol. The van der Waals surface area contributed by atoms with Gasteiger partial charge in [0.1, 0.15) is 5.75 Å². The Morgan fingerprint density at radius 1 is 1.10 bits per heavy atom. The van der Waals surface area contributed by atoms with Gasteiger partial charge in [0.2, 0.25) is 5.82 Å². The number of anilines is 1. The molecule has 0 saturated heterocycles. The quantitative estimate of drug-likeness (QED) is 0.746. The number of hydrogen-bond donors (Lipinski definition) is 1. The van der Waals surface area contributed by atoms with Crippen LogP contribution >= 0.6 is 11.6 Å². The standard InChI is InChI=1S/C15H12ClN3O2/c16-11-7-4-8-12(17)14(11)15-18-13(19-21-15)9-20-10-5-2-1-3-6-10/h1-8H,9,17H2. The molecule has 1 heterocycles. The van der Waals surface area contributed by atoms with E-state index >= 15 is 0 Å². The lowest BCUT2D eigenvalue weighted by Crippen LogP contribution is -1.97. The van der Waals surface area contributed by atoms with Crippen LogP contribution in [0.2, 0.25) is 5.02 Å². The first-order valence-electron chi connectivity index (χ1n) is 6.29. The largest absolute Gasteiger partial charge is 0.485 e. The second kappa shape index (κ2) is 5.85. The average Bonchev–Trinajstić information content (AvgIpc) is 2.95. The van der Waals surface area contributed by atoms with Crippen molar-refractivity contribution in [3.8, 4) is 17.2 Å². The second-order valence-electron chi connectivity index (χ2n) is 4.32. The summed E-state index contributed by atoms with van der Waals surface area (Å²) in [6.45, 7) is 0.206. The Labute approximate surface area is 126 Å². The van der Waals surface area contributed by atoms with Crippen molar-refractivity contribution in [3.63, 3.8) is 0 Å². The lowest BCUT2D eigenvalue weighted by atomic mass is 10.2. The number of ether oxygens (including phenoxy) is 1. The molecule has 0 radical (unpaired) electrons. The van der Waals surface area contributed by atoms with E-state index in [4.69, 9.17) is 26.6 Å². The van der Waals surface area contributed by atoms with Gasteiger partial charge >= 0.3 is 0 Å². The van der Waals surface area contributed by atoms with Crippen LogP contribution in [0.4, 0.5) is 5.69 Å². The molecule has 0 saturated carbocycles. The summed E-state index contributed by atoms with van der Waals surface area (Å²) in [6, 6.07) is 14.6. The zero-order chi connectivity index (χ0) is 14.7. The van der Waals surface area contributed by atoms with Gasteiger partial charge in [-0.2, -0.15) is 4.98 Å². The molecule has 0 spiro atoms. The maximum Gasteiger partial charge on any atom is 0.261 e. The van der Waals surface area contributed by atoms with E-state index < -0.39 is 0 Å². The Morgan fingerprint density at radius 3 is 2.67 bits per heavy atom. The number of halogens is 1. The van der Waals surface area contributed by atoms with Crippen molar-refractivity contribution in [1.82, 2.24) is 10.1 Å². The van der Waals surface area contributed by atoms with Gasteiger partial charge in [0, 0.05) is 5.69 Å². The summed E-state index contributed by atoms with van der Waals surface area (Å²) in [5.41, 5.74) is 6.91. The minimum absolute atomic E-state index is 0.206. The first-order chi connectivity index (χ1) is 10.2. The lowest BCUT2D eigenvalue weighted by Gasteiger charge is -2.02. The smallest absolute Gasteiger partial charge is 0.261 e. The summed E-state index contributed by atoms with van der Waals surface area (Å²) in [4.78, 5) is 4.25. The van der Waals surface area contributed by atoms with Crippen molar-refractivity contribution in [1.29, 1.82) is 0 Å². The molecule has 0 amide bonds. The van der Waals surface area contributed by atoms with Gasteiger partial charge in [-0.1, -0.05) is 41.0 Å². The van der Waals surface area contributed by atoms with Crippen LogP contribution in [0, 0.1) is 0 Å². The molecule has 0 bridgehead atoms. The lowest BCUT2D eigenvalue weighted by molar-refractivity contribution is 0.287. The number of nitrogen functional groups attached to an aromatic ring is 1. The van der Waals surface area contributed by atoms with Gasteiger partial charge in [-0.25, -0.2) is 0 Å². The molecule has 1 aromatic heterocycles. The van der Waals surface area contributed by atoms with Crippen LogP contribution in [0.5, 0.6) is 5.75 Å². The van der Waals surface area contributed by atoms with E-state index in [-0.39, 0.29) is 12.5 Å². The fraction of sp³-hybridized carbons (Fsp3) is 0.0667. The highest BCUT2D eigenvalue weighted by atomic mass is 35.5. The fourth-order valence-corrected chi connectivity index (χ4v) is 2.11. The molecule has 0 fully saturated rings. The van der Waals surface area contributed by atoms with Crippen LogP contribution in [-0.2, 0) is 6.61 Å². The summed E-state index contributed by atoms with van der Waals surface area (Å²) in [6.07, 6.45) is 0. The predicted octanol–water partition coefficient (Wildman–Crippen LogP) is 3.55. The molecule has 0 aliphatic heterocycles. The van der Waals surface area contributed by atoms with Crippen molar-refractivity contribution >= 4 is 17.3 Å². The number of nitrogens with zero attached hydrogens (tertiary/aromatic N) is 2. The molecule has 106 valence electrons. The molecular weight excluding hydrogens is 290 g/mol. The Morgan fingerprint density at radius 2 is 1.90 bits per heavy atom. The monoisotopic (exact) mass is 301 g/mol. The van der Waals surface area contributed by atoms with Gasteiger partial charge in [-0.05, 0) is 24.3 Å². The van der Waals surface area contributed by atoms with Gasteiger partial charge in [0.15, 0.2) is 6.61 Å². The van der Waals surface area contributed by atoms with E-state index in [1.165, 1.54) is 0 Å². The highest BCUT2D eigenvalue weighted by Gasteiger charge is 2.15. The summed E-state index contributed by atoms with van der Waals surface area (Å²) in [5, 5.41) is 4.33. The van der Waals surface area contributed by atoms with E-state index in [1.54, 1.807) is 18.2 Å². The summed E-state index contributed by atoms with van der Waals surface area (Å²) in [7, 11) is 0. The molecule has 3 aromatic rings. The summed E-state index contributed by atoms with van der Waals surface area (Å²) in [5.74, 6) is 1.44. The Balaban J connectivity index is 1.78. The van der Waals surface area contributed by atoms with Gasteiger partial charge in [-0.15, -0.1) is 0 Å². The number of nitrogens with two attached hydrogens (primary N) is 1. The van der Waals surface area contributed by atoms with E-state index in [9.17, 15) is 0 Å². The normalized spacial score (nSPS) is 10.5. The van der Waals surface area contributed by atoms with Gasteiger partial charge < -0.3 is 15.0 Å². The highest BCUT2D eigenvalue weighted by Crippen LogP contribution is 2.31. The minimum Gasteiger partial charge on any atom is -0.485 e. The zero-order valence-corrected chi connectivity index (χ0v) is 11.7. The van der Waals surface area contributed by atoms with Crippen LogP contribution in [0.1, 0.15) is 5.82 Å². The van der Waals surface area contributed by atoms with Crippen LogP contribution in [0.25, 0.3) is 11.5 Å². The molecule has 0 atom stereocenters. The zero-order valence-electron chi connectivity index (χ0n) is 11.0. The first kappa shape index (κ1) is 13.5. The van der Waals surface area contributed by atoms with Crippen molar-refractivity contribution in [2.45, 2.75) is 6.61 Å². The van der Waals surface area contributed by atoms with Crippen molar-refractivity contribution in [3.05, 3.63) is 59.4 Å². The van der Waals surface area contributed by atoms with Crippen LogP contribution in [-0.4, -0.2) is 10.1 Å². The maximum absolute atomic E-state index is 6.11. The molecule has 5 nitrogen and oxygen atoms in total. The molecule has 0 aliphatic carbocycles. The third-order valence-corrected chi connectivity index (χ3v) is 3.15. The summed E-state index contributed by atoms with van der Waals surface area (Å²) < 4.78 is 10.7. The third kappa shape index (κ3) is 2.98. The average molecular weight is 302 g/mol. The number of para-hydroxylation sites is 1. The van der Waals surface area contributed by atoms with E-state index in [1.807, 2.05) is 30.3 Å². The van der Waals surface area contributed by atoms with E-state index in [0.29, 0.717) is 22.1 Å². The summed E-state index contributed by atoms with van der Waals surface area (Å²) >= 11 is 6.11. The Bertz CT molecular complexity index is 723. The maximum atomic E-state index is 6.11. The third-order valence-electron chi connectivity index (χ3n) is 2.84. The number of rotatable bonds is 4. The fourth-order valence-electron chi connectivity index (χ4n) is 1.85. The SMILES string of the molecule is Nc1cccc(Cl)c1-c1nc(COc2ccccc2)no1. The molecule has 21 heavy (non-hydrogen) atoms. The first-order valence-corrected chi connectivity index (χ1v) is 6.66. The van der Waals surface area contributed by atoms with E-state index in [2.05, 4.69) is 10.1 Å². The van der Waals surface area contributed by atoms with E-state index in [0.717, 1.165) is 5.75 Å². The number of benzene rings is 2. The van der Waals surface area contributed by atoms with Crippen LogP contribution < -0.4 is 10.5 Å². The molecule has 6 heteroatoms. The molecular formula is C15H12ClN3O2. The molecule has 0 unspecified atom stereocenters. The number of aromatic nitrogens is 2. The van der Waals surface area contributed by atoms with Crippen molar-refractivity contribution in [2.75, 3.05) is 5.73 Å². The Hall–Kier alpha value is -2.53. The molecule has 2 N–H and O–H groups in total. The Kier molecular flexibility index (Phi) is 3.75. The second-order valence-corrected chi connectivity index (χ2v) is 4.73. The van der Waals surface area contributed by atoms with Crippen molar-refractivity contribution < 1.29 is 9.26 Å². The highest BCUT2D eigenvalue weighted by molar-refractivity contribution is 6.33. The topological polar surface area (TPSA) is 74.2 Å². The number of hydrogen-bond acceptors (Lipinski definition) is 5. The molecule has 0 aliphatic rings. The van der Waals surface area contributed by atoms with Gasteiger partial charge in [0.05, 0.1) is 10.6 Å².